The van der Waals surface area contributed by atoms with E-state index >= 15 is 0 Å². The van der Waals surface area contributed by atoms with Crippen LogP contribution in [0, 0.1) is 0 Å². The molecule has 7 nitrogen and oxygen atoms in total. The first-order valence-corrected chi connectivity index (χ1v) is 9.91. The zero-order chi connectivity index (χ0) is 17.4. The standard InChI is InChI=1S/C15H23N5O2S2/c1-16-15(18-8-12-20-9-3-4-10-20)17-7-11-19(2)24(21,22)14-6-5-13-23-14/h3-6,9-10,13H,7-8,11-12H2,1-2H3,(H2,16,17,18). The zero-order valence-corrected chi connectivity index (χ0v) is 15.5. The summed E-state index contributed by atoms with van der Waals surface area (Å²) >= 11 is 1.22. The number of nitrogens with zero attached hydrogens (tertiary/aromatic N) is 3. The van der Waals surface area contributed by atoms with Crippen LogP contribution in [0.4, 0.5) is 0 Å². The molecule has 0 saturated heterocycles. The van der Waals surface area contributed by atoms with Crippen LogP contribution < -0.4 is 10.6 Å². The Morgan fingerprint density at radius 2 is 1.96 bits per heavy atom. The van der Waals surface area contributed by atoms with Crippen molar-refractivity contribution in [2.75, 3.05) is 33.7 Å². The fourth-order valence-electron chi connectivity index (χ4n) is 2.06. The van der Waals surface area contributed by atoms with Gasteiger partial charge >= 0.3 is 0 Å². The van der Waals surface area contributed by atoms with Crippen molar-refractivity contribution in [1.82, 2.24) is 19.5 Å². The van der Waals surface area contributed by atoms with Crippen LogP contribution in [-0.2, 0) is 16.6 Å². The van der Waals surface area contributed by atoms with Crippen molar-refractivity contribution in [1.29, 1.82) is 0 Å². The van der Waals surface area contributed by atoms with Crippen LogP contribution in [0.25, 0.3) is 0 Å². The fourth-order valence-corrected chi connectivity index (χ4v) is 4.43. The Morgan fingerprint density at radius 3 is 2.58 bits per heavy atom. The minimum absolute atomic E-state index is 0.360. The molecule has 0 unspecified atom stereocenters. The SMILES string of the molecule is CN=C(NCCN(C)S(=O)(=O)c1cccs1)NCCn1cccc1. The van der Waals surface area contributed by atoms with E-state index in [0.717, 1.165) is 13.1 Å². The lowest BCUT2D eigenvalue weighted by Gasteiger charge is -2.17. The molecule has 9 heteroatoms. The topological polar surface area (TPSA) is 78.7 Å². The van der Waals surface area contributed by atoms with Crippen molar-refractivity contribution in [3.63, 3.8) is 0 Å². The molecule has 2 rings (SSSR count). The van der Waals surface area contributed by atoms with E-state index in [0.29, 0.717) is 23.3 Å². The van der Waals surface area contributed by atoms with Crippen molar-refractivity contribution in [2.45, 2.75) is 10.8 Å². The van der Waals surface area contributed by atoms with Gasteiger partial charge in [-0.05, 0) is 23.6 Å². The van der Waals surface area contributed by atoms with Gasteiger partial charge in [-0.1, -0.05) is 6.07 Å². The molecule has 0 spiro atoms. The van der Waals surface area contributed by atoms with Crippen molar-refractivity contribution < 1.29 is 8.42 Å². The zero-order valence-electron chi connectivity index (χ0n) is 13.8. The summed E-state index contributed by atoms with van der Waals surface area (Å²) in [5.41, 5.74) is 0. The van der Waals surface area contributed by atoms with Crippen LogP contribution in [0.2, 0.25) is 0 Å². The molecule has 0 atom stereocenters. The predicted octanol–water partition coefficient (Wildman–Crippen LogP) is 1.04. The molecule has 0 aromatic carbocycles. The monoisotopic (exact) mass is 369 g/mol. The summed E-state index contributed by atoms with van der Waals surface area (Å²) in [6, 6.07) is 7.32. The molecular weight excluding hydrogens is 346 g/mol. The van der Waals surface area contributed by atoms with Gasteiger partial charge in [-0.2, -0.15) is 4.31 Å². The van der Waals surface area contributed by atoms with Crippen molar-refractivity contribution in [3.8, 4) is 0 Å². The lowest BCUT2D eigenvalue weighted by atomic mass is 10.5. The van der Waals surface area contributed by atoms with Crippen LogP contribution in [-0.4, -0.2) is 57.0 Å². The highest BCUT2D eigenvalue weighted by molar-refractivity contribution is 7.91. The smallest absolute Gasteiger partial charge is 0.252 e. The van der Waals surface area contributed by atoms with Gasteiger partial charge in [0.25, 0.3) is 10.0 Å². The van der Waals surface area contributed by atoms with E-state index < -0.39 is 10.0 Å². The van der Waals surface area contributed by atoms with Crippen molar-refractivity contribution in [3.05, 3.63) is 42.0 Å². The predicted molar refractivity (Wildman–Crippen MR) is 97.9 cm³/mol. The number of thiophene rings is 1. The average molecular weight is 370 g/mol. The molecule has 0 radical (unpaired) electrons. The molecule has 0 aliphatic heterocycles. The number of aliphatic imine (C=N–C) groups is 1. The highest BCUT2D eigenvalue weighted by Crippen LogP contribution is 2.19. The van der Waals surface area contributed by atoms with Crippen LogP contribution in [0.3, 0.4) is 0 Å². The van der Waals surface area contributed by atoms with Gasteiger partial charge in [-0.15, -0.1) is 11.3 Å². The van der Waals surface area contributed by atoms with Crippen LogP contribution in [0.15, 0.2) is 51.2 Å². The number of guanidine groups is 1. The average Bonchev–Trinajstić information content (AvgIpc) is 3.26. The van der Waals surface area contributed by atoms with Gasteiger partial charge in [0, 0.05) is 52.7 Å². The van der Waals surface area contributed by atoms with Crippen LogP contribution in [0.1, 0.15) is 0 Å². The molecule has 2 aromatic rings. The largest absolute Gasteiger partial charge is 0.355 e. The molecule has 0 aliphatic carbocycles. The highest BCUT2D eigenvalue weighted by Gasteiger charge is 2.21. The van der Waals surface area contributed by atoms with E-state index in [2.05, 4.69) is 20.2 Å². The van der Waals surface area contributed by atoms with Crippen molar-refractivity contribution in [2.24, 2.45) is 4.99 Å². The number of nitrogens with one attached hydrogen (secondary N) is 2. The second-order valence-corrected chi connectivity index (χ2v) is 8.32. The first-order valence-electron chi connectivity index (χ1n) is 7.59. The van der Waals surface area contributed by atoms with Gasteiger partial charge in [0.05, 0.1) is 0 Å². The molecule has 0 amide bonds. The first-order chi connectivity index (χ1) is 11.5. The number of hydrogen-bond donors (Lipinski definition) is 2. The van der Waals surface area contributed by atoms with Gasteiger partial charge < -0.3 is 15.2 Å². The van der Waals surface area contributed by atoms with Gasteiger partial charge in [0.15, 0.2) is 5.96 Å². The lowest BCUT2D eigenvalue weighted by molar-refractivity contribution is 0.471. The van der Waals surface area contributed by atoms with Gasteiger partial charge in [0.1, 0.15) is 4.21 Å². The maximum Gasteiger partial charge on any atom is 0.252 e. The Kier molecular flexibility index (Phi) is 6.83. The summed E-state index contributed by atoms with van der Waals surface area (Å²) in [6.45, 7) is 2.40. The summed E-state index contributed by atoms with van der Waals surface area (Å²) in [5.74, 6) is 0.657. The first kappa shape index (κ1) is 18.5. The van der Waals surface area contributed by atoms with E-state index in [-0.39, 0.29) is 0 Å². The fraction of sp³-hybridized carbons (Fsp3) is 0.400. The molecule has 24 heavy (non-hydrogen) atoms. The number of rotatable bonds is 8. The summed E-state index contributed by atoms with van der Waals surface area (Å²) in [6.07, 6.45) is 4.00. The van der Waals surface area contributed by atoms with E-state index in [9.17, 15) is 8.42 Å². The third-order valence-electron chi connectivity index (χ3n) is 3.43. The third-order valence-corrected chi connectivity index (χ3v) is 6.66. The summed E-state index contributed by atoms with van der Waals surface area (Å²) in [4.78, 5) is 4.14. The second kappa shape index (κ2) is 8.86. The van der Waals surface area contributed by atoms with Crippen molar-refractivity contribution >= 4 is 27.3 Å². The maximum absolute atomic E-state index is 12.3. The number of sulfonamides is 1. The normalized spacial score (nSPS) is 12.5. The maximum atomic E-state index is 12.3. The third kappa shape index (κ3) is 5.08. The quantitative estimate of drug-likeness (QED) is 0.538. The Labute approximate surface area is 147 Å². The van der Waals surface area contributed by atoms with Gasteiger partial charge in [-0.25, -0.2) is 8.42 Å². The molecule has 2 aromatic heterocycles. The van der Waals surface area contributed by atoms with E-state index in [1.807, 2.05) is 24.5 Å². The molecule has 2 heterocycles. The summed E-state index contributed by atoms with van der Waals surface area (Å²) in [5, 5.41) is 8.08. The highest BCUT2D eigenvalue weighted by atomic mass is 32.2. The number of likely N-dealkylation sites (N-methyl/N-ethyl adjacent to an activating group) is 1. The van der Waals surface area contributed by atoms with E-state index in [1.54, 1.807) is 31.6 Å². The van der Waals surface area contributed by atoms with Gasteiger partial charge in [0.2, 0.25) is 0 Å². The molecule has 0 bridgehead atoms. The molecule has 0 saturated carbocycles. The molecule has 0 aliphatic rings. The summed E-state index contributed by atoms with van der Waals surface area (Å²) < 4.78 is 28.4. The molecule has 0 fully saturated rings. The molecular formula is C15H23N5O2S2. The second-order valence-electron chi connectivity index (χ2n) is 5.11. The number of aromatic nitrogens is 1. The molecule has 132 valence electrons. The van der Waals surface area contributed by atoms with Crippen LogP contribution in [0.5, 0.6) is 0 Å². The lowest BCUT2D eigenvalue weighted by Crippen LogP contribution is -2.42. The minimum Gasteiger partial charge on any atom is -0.355 e. The van der Waals surface area contributed by atoms with E-state index in [1.165, 1.54) is 15.6 Å². The summed E-state index contributed by atoms with van der Waals surface area (Å²) in [7, 11) is -0.125. The Morgan fingerprint density at radius 1 is 1.25 bits per heavy atom. The van der Waals surface area contributed by atoms with Gasteiger partial charge in [-0.3, -0.25) is 4.99 Å². The molecule has 2 N–H and O–H groups in total. The van der Waals surface area contributed by atoms with E-state index in [4.69, 9.17) is 0 Å². The Hall–Kier alpha value is -1.84. The minimum atomic E-state index is -3.40. The van der Waals surface area contributed by atoms with Crippen LogP contribution >= 0.6 is 11.3 Å². The Balaban J connectivity index is 1.73. The number of hydrogen-bond acceptors (Lipinski definition) is 4. The Bertz CT molecular complexity index is 724.